The monoisotopic (exact) mass is 262 g/mol. The Hall–Kier alpha value is -2.04. The van der Waals surface area contributed by atoms with Gasteiger partial charge in [-0.1, -0.05) is 20.8 Å². The van der Waals surface area contributed by atoms with Gasteiger partial charge in [-0.25, -0.2) is 9.59 Å². The molecule has 5 nitrogen and oxygen atoms in total. The van der Waals surface area contributed by atoms with E-state index < -0.39 is 5.97 Å². The van der Waals surface area contributed by atoms with Crippen molar-refractivity contribution in [2.24, 2.45) is 5.41 Å². The van der Waals surface area contributed by atoms with E-state index in [1.165, 1.54) is 6.07 Å². The van der Waals surface area contributed by atoms with Crippen molar-refractivity contribution in [3.63, 3.8) is 0 Å². The minimum Gasteiger partial charge on any atom is -0.478 e. The first kappa shape index (κ1) is 13.4. The number of nitrogens with zero attached hydrogens (tertiary/aromatic N) is 1. The van der Waals surface area contributed by atoms with Crippen LogP contribution in [0.5, 0.6) is 0 Å². The van der Waals surface area contributed by atoms with Gasteiger partial charge in [0.25, 0.3) is 0 Å². The molecular weight excluding hydrogens is 244 g/mol. The van der Waals surface area contributed by atoms with Gasteiger partial charge in [0.15, 0.2) is 0 Å². The summed E-state index contributed by atoms with van der Waals surface area (Å²) in [6.07, 6.45) is 0.935. The van der Waals surface area contributed by atoms with Crippen molar-refractivity contribution < 1.29 is 9.90 Å². The average Bonchev–Trinajstić information content (AvgIpc) is 2.65. The molecule has 0 aliphatic carbocycles. The van der Waals surface area contributed by atoms with Crippen LogP contribution in [0.3, 0.4) is 0 Å². The first-order valence-corrected chi connectivity index (χ1v) is 6.30. The zero-order valence-electron chi connectivity index (χ0n) is 11.4. The highest BCUT2D eigenvalue weighted by molar-refractivity contribution is 5.92. The molecule has 0 amide bonds. The Morgan fingerprint density at radius 3 is 2.68 bits per heavy atom. The fourth-order valence-corrected chi connectivity index (χ4v) is 1.98. The second kappa shape index (κ2) is 4.57. The lowest BCUT2D eigenvalue weighted by Crippen LogP contribution is -2.26. The normalized spacial score (nSPS) is 11.9. The number of fused-ring (bicyclic) bond motifs is 1. The molecule has 19 heavy (non-hydrogen) atoms. The molecule has 1 aromatic carbocycles. The Morgan fingerprint density at radius 2 is 2.11 bits per heavy atom. The number of aromatic nitrogens is 2. The predicted octanol–water partition coefficient (Wildman–Crippen LogP) is 2.46. The summed E-state index contributed by atoms with van der Waals surface area (Å²) in [4.78, 5) is 25.7. The smallest absolute Gasteiger partial charge is 0.335 e. The topological polar surface area (TPSA) is 75.1 Å². The molecular formula is C14H18N2O3. The van der Waals surface area contributed by atoms with Crippen LogP contribution in [0.4, 0.5) is 0 Å². The number of carboxylic acid groups (broad SMARTS) is 1. The molecule has 1 heterocycles. The van der Waals surface area contributed by atoms with Crippen molar-refractivity contribution >= 4 is 17.0 Å². The zero-order valence-corrected chi connectivity index (χ0v) is 11.4. The first-order valence-electron chi connectivity index (χ1n) is 6.30. The Balaban J connectivity index is 2.59. The highest BCUT2D eigenvalue weighted by Crippen LogP contribution is 2.24. The zero-order chi connectivity index (χ0) is 14.2. The standard InChI is InChI=1S/C14H18N2O3/c1-4-14(2,3)8-16-11-7-9(12(17)18)5-6-10(11)15-13(16)19/h5-7H,4,8H2,1-3H3,(H,15,19)(H,17,18). The number of nitrogens with one attached hydrogen (secondary N) is 1. The minimum absolute atomic E-state index is 0.0157. The third-order valence-corrected chi connectivity index (χ3v) is 3.57. The van der Waals surface area contributed by atoms with E-state index in [-0.39, 0.29) is 16.7 Å². The quantitative estimate of drug-likeness (QED) is 0.888. The number of aromatic amines is 1. The lowest BCUT2D eigenvalue weighted by atomic mass is 9.90. The summed E-state index contributed by atoms with van der Waals surface area (Å²) in [5.74, 6) is -0.989. The van der Waals surface area contributed by atoms with Crippen LogP contribution in [0.1, 0.15) is 37.6 Å². The molecule has 0 atom stereocenters. The van der Waals surface area contributed by atoms with E-state index in [2.05, 4.69) is 25.8 Å². The maximum atomic E-state index is 12.0. The summed E-state index contributed by atoms with van der Waals surface area (Å²) >= 11 is 0. The first-order chi connectivity index (χ1) is 8.84. The average molecular weight is 262 g/mol. The molecule has 0 saturated carbocycles. The van der Waals surface area contributed by atoms with E-state index in [1.807, 2.05) is 0 Å². The molecule has 5 heteroatoms. The van der Waals surface area contributed by atoms with Gasteiger partial charge < -0.3 is 10.1 Å². The van der Waals surface area contributed by atoms with Crippen LogP contribution in [0.2, 0.25) is 0 Å². The molecule has 102 valence electrons. The van der Waals surface area contributed by atoms with Gasteiger partial charge in [-0.3, -0.25) is 4.57 Å². The Morgan fingerprint density at radius 1 is 1.42 bits per heavy atom. The van der Waals surface area contributed by atoms with Gasteiger partial charge in [0, 0.05) is 6.54 Å². The van der Waals surface area contributed by atoms with E-state index in [9.17, 15) is 9.59 Å². The van der Waals surface area contributed by atoms with Gasteiger partial charge in [0.2, 0.25) is 0 Å². The molecule has 0 radical (unpaired) electrons. The summed E-state index contributed by atoms with van der Waals surface area (Å²) in [6, 6.07) is 4.67. The fraction of sp³-hybridized carbons (Fsp3) is 0.429. The molecule has 0 fully saturated rings. The lowest BCUT2D eigenvalue weighted by Gasteiger charge is -2.22. The fourth-order valence-electron chi connectivity index (χ4n) is 1.98. The van der Waals surface area contributed by atoms with Gasteiger partial charge in [-0.15, -0.1) is 0 Å². The number of carboxylic acids is 1. The van der Waals surface area contributed by atoms with Crippen molar-refractivity contribution in [3.8, 4) is 0 Å². The van der Waals surface area contributed by atoms with E-state index >= 15 is 0 Å². The molecule has 0 aliphatic heterocycles. The second-order valence-electron chi connectivity index (χ2n) is 5.57. The van der Waals surface area contributed by atoms with Crippen molar-refractivity contribution in [1.29, 1.82) is 0 Å². The highest BCUT2D eigenvalue weighted by Gasteiger charge is 2.19. The van der Waals surface area contributed by atoms with E-state index in [0.717, 1.165) is 6.42 Å². The Labute approximate surface area is 110 Å². The summed E-state index contributed by atoms with van der Waals surface area (Å²) in [7, 11) is 0. The van der Waals surface area contributed by atoms with Gasteiger partial charge in [0.1, 0.15) is 0 Å². The number of hydrogen-bond acceptors (Lipinski definition) is 2. The second-order valence-corrected chi connectivity index (χ2v) is 5.57. The van der Waals surface area contributed by atoms with Crippen LogP contribution < -0.4 is 5.69 Å². The summed E-state index contributed by atoms with van der Waals surface area (Å²) < 4.78 is 1.62. The van der Waals surface area contributed by atoms with Crippen molar-refractivity contribution in [1.82, 2.24) is 9.55 Å². The third kappa shape index (κ3) is 2.54. The van der Waals surface area contributed by atoms with Crippen molar-refractivity contribution in [2.45, 2.75) is 33.7 Å². The number of carbonyl (C=O) groups is 1. The number of aromatic carboxylic acids is 1. The predicted molar refractivity (Wildman–Crippen MR) is 73.6 cm³/mol. The van der Waals surface area contributed by atoms with Crippen LogP contribution >= 0.6 is 0 Å². The number of hydrogen-bond donors (Lipinski definition) is 2. The molecule has 0 unspecified atom stereocenters. The van der Waals surface area contributed by atoms with Crippen molar-refractivity contribution in [3.05, 3.63) is 34.2 Å². The van der Waals surface area contributed by atoms with E-state index in [0.29, 0.717) is 17.6 Å². The summed E-state index contributed by atoms with van der Waals surface area (Å²) in [6.45, 7) is 6.80. The number of benzene rings is 1. The van der Waals surface area contributed by atoms with E-state index in [1.54, 1.807) is 16.7 Å². The minimum atomic E-state index is -0.989. The van der Waals surface area contributed by atoms with Gasteiger partial charge in [-0.2, -0.15) is 0 Å². The Kier molecular flexibility index (Phi) is 3.22. The van der Waals surface area contributed by atoms with E-state index in [4.69, 9.17) is 5.11 Å². The Bertz CT molecular complexity index is 680. The molecule has 2 N–H and O–H groups in total. The number of rotatable bonds is 4. The summed E-state index contributed by atoms with van der Waals surface area (Å²) in [5.41, 5.74) is 1.29. The SMILES string of the molecule is CCC(C)(C)Cn1c(=O)[nH]c2ccc(C(=O)O)cc21. The maximum Gasteiger partial charge on any atom is 0.335 e. The number of imidazole rings is 1. The van der Waals surface area contributed by atoms with Crippen LogP contribution in [0.25, 0.3) is 11.0 Å². The number of H-pyrrole nitrogens is 1. The largest absolute Gasteiger partial charge is 0.478 e. The van der Waals surface area contributed by atoms with Gasteiger partial charge >= 0.3 is 11.7 Å². The maximum absolute atomic E-state index is 12.0. The molecule has 0 spiro atoms. The molecule has 1 aromatic heterocycles. The van der Waals surface area contributed by atoms with Gasteiger partial charge in [0.05, 0.1) is 16.6 Å². The van der Waals surface area contributed by atoms with Gasteiger partial charge in [-0.05, 0) is 30.0 Å². The molecule has 2 rings (SSSR count). The third-order valence-electron chi connectivity index (χ3n) is 3.57. The van der Waals surface area contributed by atoms with Crippen LogP contribution in [0.15, 0.2) is 23.0 Å². The lowest BCUT2D eigenvalue weighted by molar-refractivity contribution is 0.0697. The van der Waals surface area contributed by atoms with Crippen LogP contribution in [-0.4, -0.2) is 20.6 Å². The molecule has 2 aromatic rings. The molecule has 0 bridgehead atoms. The molecule has 0 aliphatic rings. The highest BCUT2D eigenvalue weighted by atomic mass is 16.4. The summed E-state index contributed by atoms with van der Waals surface area (Å²) in [5, 5.41) is 9.02. The molecule has 0 saturated heterocycles. The van der Waals surface area contributed by atoms with Crippen LogP contribution in [-0.2, 0) is 6.54 Å². The van der Waals surface area contributed by atoms with Crippen LogP contribution in [0, 0.1) is 5.41 Å². The van der Waals surface area contributed by atoms with Crippen molar-refractivity contribution in [2.75, 3.05) is 0 Å².